The molecule has 9 heteroatoms. The topological polar surface area (TPSA) is 49.9 Å². The van der Waals surface area contributed by atoms with Crippen LogP contribution in [-0.2, 0) is 16.7 Å². The van der Waals surface area contributed by atoms with Crippen molar-refractivity contribution in [2.24, 2.45) is 5.92 Å². The molecule has 3 unspecified atom stereocenters. The van der Waals surface area contributed by atoms with Gasteiger partial charge in [0, 0.05) is 38.8 Å². The smallest absolute Gasteiger partial charge is 0.376 e. The van der Waals surface area contributed by atoms with Crippen LogP contribution < -0.4 is 4.18 Å². The molecule has 2 fully saturated rings. The Labute approximate surface area is 186 Å². The van der Waals surface area contributed by atoms with E-state index in [1.54, 1.807) is 6.07 Å². The number of hydrogen-bond acceptors (Lipinski definition) is 5. The molecular weight excluding hydrogens is 441 g/mol. The maximum atomic E-state index is 12.7. The average molecular weight is 469 g/mol. The van der Waals surface area contributed by atoms with Gasteiger partial charge in [-0.2, -0.15) is 21.6 Å². The fourth-order valence-electron chi connectivity index (χ4n) is 4.86. The number of piperazine rings is 1. The zero-order chi connectivity index (χ0) is 22.9. The molecular formula is C23H27F3N2O3S. The number of piperidine rings is 1. The number of hydrogen-bond donors (Lipinski definition) is 0. The van der Waals surface area contributed by atoms with Crippen molar-refractivity contribution in [2.45, 2.75) is 37.4 Å². The lowest BCUT2D eigenvalue weighted by atomic mass is 9.77. The van der Waals surface area contributed by atoms with Crippen molar-refractivity contribution in [2.75, 3.05) is 26.2 Å². The number of rotatable bonds is 5. The molecule has 2 aromatic carbocycles. The van der Waals surface area contributed by atoms with Crippen LogP contribution in [0.25, 0.3) is 0 Å². The van der Waals surface area contributed by atoms with Crippen LogP contribution in [0.2, 0.25) is 0 Å². The molecule has 0 radical (unpaired) electrons. The Hall–Kier alpha value is -2.10. The summed E-state index contributed by atoms with van der Waals surface area (Å²) in [7, 11) is -5.68. The largest absolute Gasteiger partial charge is 0.534 e. The van der Waals surface area contributed by atoms with E-state index in [9.17, 15) is 21.6 Å². The van der Waals surface area contributed by atoms with E-state index < -0.39 is 15.6 Å². The van der Waals surface area contributed by atoms with Crippen LogP contribution in [0.3, 0.4) is 0 Å². The highest BCUT2D eigenvalue weighted by Gasteiger charge is 2.48. The normalized spacial score (nSPS) is 25.3. The van der Waals surface area contributed by atoms with Gasteiger partial charge in [-0.1, -0.05) is 49.4 Å². The summed E-state index contributed by atoms with van der Waals surface area (Å²) < 4.78 is 65.2. The summed E-state index contributed by atoms with van der Waals surface area (Å²) in [6, 6.07) is 16.8. The van der Waals surface area contributed by atoms with Gasteiger partial charge < -0.3 is 4.18 Å². The van der Waals surface area contributed by atoms with Crippen molar-refractivity contribution in [3.05, 3.63) is 65.7 Å². The van der Waals surface area contributed by atoms with Crippen molar-refractivity contribution in [1.82, 2.24) is 9.80 Å². The van der Waals surface area contributed by atoms with Crippen molar-refractivity contribution in [3.8, 4) is 5.75 Å². The third-order valence-corrected chi connectivity index (χ3v) is 7.43. The first-order valence-corrected chi connectivity index (χ1v) is 12.1. The van der Waals surface area contributed by atoms with Gasteiger partial charge in [-0.3, -0.25) is 9.80 Å². The van der Waals surface area contributed by atoms with E-state index in [-0.39, 0.29) is 11.7 Å². The Morgan fingerprint density at radius 2 is 1.78 bits per heavy atom. The molecule has 4 rings (SSSR count). The highest BCUT2D eigenvalue weighted by Crippen LogP contribution is 2.39. The van der Waals surface area contributed by atoms with Crippen molar-refractivity contribution >= 4 is 10.1 Å². The van der Waals surface area contributed by atoms with Crippen molar-refractivity contribution in [1.29, 1.82) is 0 Å². The van der Waals surface area contributed by atoms with Crippen LogP contribution >= 0.6 is 0 Å². The van der Waals surface area contributed by atoms with Gasteiger partial charge in [-0.25, -0.2) is 0 Å². The highest BCUT2D eigenvalue weighted by molar-refractivity contribution is 7.88. The summed E-state index contributed by atoms with van der Waals surface area (Å²) in [6.07, 6.45) is 0.863. The Morgan fingerprint density at radius 1 is 1.03 bits per heavy atom. The van der Waals surface area contributed by atoms with E-state index >= 15 is 0 Å². The van der Waals surface area contributed by atoms with E-state index in [1.165, 1.54) is 17.7 Å². The van der Waals surface area contributed by atoms with Crippen molar-refractivity contribution in [3.63, 3.8) is 0 Å². The zero-order valence-electron chi connectivity index (χ0n) is 17.8. The minimum absolute atomic E-state index is 0.116. The predicted octanol–water partition coefficient (Wildman–Crippen LogP) is 4.22. The second-order valence-electron chi connectivity index (χ2n) is 8.74. The van der Waals surface area contributed by atoms with Gasteiger partial charge in [0.15, 0.2) is 0 Å². The van der Waals surface area contributed by atoms with Gasteiger partial charge >= 0.3 is 15.6 Å². The molecule has 0 bridgehead atoms. The number of benzene rings is 2. The number of nitrogens with zero attached hydrogens (tertiary/aromatic N) is 2. The first-order chi connectivity index (χ1) is 15.1. The van der Waals surface area contributed by atoms with Gasteiger partial charge in [-0.15, -0.1) is 0 Å². The van der Waals surface area contributed by atoms with Crippen molar-refractivity contribution < 1.29 is 25.8 Å². The lowest BCUT2D eigenvalue weighted by Gasteiger charge is -2.48. The molecule has 0 amide bonds. The fraction of sp³-hybridized carbons (Fsp3) is 0.478. The number of halogens is 3. The zero-order valence-corrected chi connectivity index (χ0v) is 18.6. The molecule has 2 heterocycles. The lowest BCUT2D eigenvalue weighted by Crippen LogP contribution is -2.57. The van der Waals surface area contributed by atoms with E-state index in [4.69, 9.17) is 0 Å². The minimum Gasteiger partial charge on any atom is -0.376 e. The molecule has 0 N–H and O–H groups in total. The maximum absolute atomic E-state index is 12.7. The predicted molar refractivity (Wildman–Crippen MR) is 116 cm³/mol. The summed E-state index contributed by atoms with van der Waals surface area (Å²) in [5.74, 6) is 0.107. The summed E-state index contributed by atoms with van der Waals surface area (Å²) >= 11 is 0. The second kappa shape index (κ2) is 9.03. The van der Waals surface area contributed by atoms with Gasteiger partial charge in [0.1, 0.15) is 5.75 Å². The third kappa shape index (κ3) is 5.10. The molecule has 2 aliphatic heterocycles. The third-order valence-electron chi connectivity index (χ3n) is 6.45. The Morgan fingerprint density at radius 3 is 2.50 bits per heavy atom. The first kappa shape index (κ1) is 23.1. The Kier molecular flexibility index (Phi) is 6.51. The van der Waals surface area contributed by atoms with E-state index in [2.05, 4.69) is 33.0 Å². The molecule has 0 aliphatic carbocycles. The molecule has 0 spiro atoms. The van der Waals surface area contributed by atoms with Gasteiger partial charge in [-0.05, 0) is 41.5 Å². The molecule has 2 aromatic rings. The summed E-state index contributed by atoms with van der Waals surface area (Å²) in [6.45, 7) is 6.85. The van der Waals surface area contributed by atoms with E-state index in [0.29, 0.717) is 12.0 Å². The van der Waals surface area contributed by atoms with Crippen LogP contribution in [0.1, 0.15) is 30.4 Å². The van der Waals surface area contributed by atoms with E-state index in [0.717, 1.165) is 44.7 Å². The van der Waals surface area contributed by atoms with E-state index in [1.807, 2.05) is 24.3 Å². The van der Waals surface area contributed by atoms with Gasteiger partial charge in [0.2, 0.25) is 0 Å². The Balaban J connectivity index is 1.47. The summed E-state index contributed by atoms with van der Waals surface area (Å²) in [5.41, 5.74) is -3.36. The van der Waals surface area contributed by atoms with Crippen LogP contribution in [0, 0.1) is 5.92 Å². The molecule has 0 saturated carbocycles. The van der Waals surface area contributed by atoms with Crippen LogP contribution in [0.4, 0.5) is 13.2 Å². The second-order valence-corrected chi connectivity index (χ2v) is 10.3. The molecule has 0 aromatic heterocycles. The molecule has 32 heavy (non-hydrogen) atoms. The van der Waals surface area contributed by atoms with Crippen LogP contribution in [-0.4, -0.2) is 55.9 Å². The molecule has 5 nitrogen and oxygen atoms in total. The SMILES string of the molecule is CC1CN2CCN(Cc3ccccc3)CC2CC1c1cccc(OS(=O)(=O)C(F)(F)F)c1. The first-order valence-electron chi connectivity index (χ1n) is 10.7. The van der Waals surface area contributed by atoms with Gasteiger partial charge in [0.05, 0.1) is 0 Å². The Bertz CT molecular complexity index is 1030. The average Bonchev–Trinajstić information content (AvgIpc) is 2.73. The standard InChI is InChI=1S/C23H27F3N2O3S/c1-17-14-28-11-10-27(15-18-6-3-2-4-7-18)16-20(28)13-22(17)19-8-5-9-21(12-19)31-32(29,30)23(24,25)26/h2-9,12,17,20,22H,10-11,13-16H2,1H3. The summed E-state index contributed by atoms with van der Waals surface area (Å²) in [4.78, 5) is 4.94. The van der Waals surface area contributed by atoms with Gasteiger partial charge in [0.25, 0.3) is 0 Å². The number of alkyl halides is 3. The fourth-order valence-corrected chi connectivity index (χ4v) is 5.32. The lowest BCUT2D eigenvalue weighted by molar-refractivity contribution is -0.0500. The maximum Gasteiger partial charge on any atom is 0.534 e. The van der Waals surface area contributed by atoms with Crippen LogP contribution in [0.5, 0.6) is 5.75 Å². The molecule has 3 atom stereocenters. The molecule has 174 valence electrons. The molecule has 2 aliphatic rings. The quantitative estimate of drug-likeness (QED) is 0.486. The minimum atomic E-state index is -5.68. The highest BCUT2D eigenvalue weighted by atomic mass is 32.2. The van der Waals surface area contributed by atoms with Crippen LogP contribution in [0.15, 0.2) is 54.6 Å². The monoisotopic (exact) mass is 468 g/mol. The molecule has 2 saturated heterocycles. The number of fused-ring (bicyclic) bond motifs is 1. The summed E-state index contributed by atoms with van der Waals surface area (Å²) in [5, 5.41) is 0.